The lowest BCUT2D eigenvalue weighted by atomic mass is 9.99. The third kappa shape index (κ3) is 1.59. The van der Waals surface area contributed by atoms with Crippen molar-refractivity contribution < 1.29 is 4.42 Å². The molecule has 1 aromatic carbocycles. The molecule has 2 aromatic rings. The van der Waals surface area contributed by atoms with E-state index in [4.69, 9.17) is 9.68 Å². The van der Waals surface area contributed by atoms with Crippen LogP contribution in [0.5, 0.6) is 0 Å². The highest BCUT2D eigenvalue weighted by Gasteiger charge is 2.13. The predicted molar refractivity (Wildman–Crippen MR) is 64.4 cm³/mol. The summed E-state index contributed by atoms with van der Waals surface area (Å²) >= 11 is 0. The fourth-order valence-corrected chi connectivity index (χ4v) is 1.97. The first-order valence-electron chi connectivity index (χ1n) is 5.62. The van der Waals surface area contributed by atoms with Crippen LogP contribution in [0.15, 0.2) is 22.6 Å². The van der Waals surface area contributed by atoms with Crippen LogP contribution in [0.4, 0.5) is 0 Å². The second-order valence-corrected chi connectivity index (χ2v) is 4.29. The van der Waals surface area contributed by atoms with Crippen LogP contribution in [-0.4, -0.2) is 0 Å². The van der Waals surface area contributed by atoms with E-state index in [0.29, 0.717) is 11.7 Å². The molecule has 1 aromatic heterocycles. The van der Waals surface area contributed by atoms with E-state index < -0.39 is 0 Å². The average molecular weight is 213 g/mol. The van der Waals surface area contributed by atoms with Crippen molar-refractivity contribution in [3.05, 3.63) is 35.1 Å². The van der Waals surface area contributed by atoms with E-state index in [2.05, 4.69) is 32.0 Å². The number of aryl methyl sites for hydroxylation is 1. The van der Waals surface area contributed by atoms with Gasteiger partial charge in [-0.05, 0) is 30.0 Å². The molecule has 0 radical (unpaired) electrons. The molecule has 0 unspecified atom stereocenters. The molecule has 0 aliphatic heterocycles. The summed E-state index contributed by atoms with van der Waals surface area (Å²) in [5, 5.41) is 10.1. The van der Waals surface area contributed by atoms with Gasteiger partial charge in [0.2, 0.25) is 5.76 Å². The van der Waals surface area contributed by atoms with E-state index in [1.807, 2.05) is 13.0 Å². The van der Waals surface area contributed by atoms with Crippen LogP contribution in [0.2, 0.25) is 0 Å². The van der Waals surface area contributed by atoms with Gasteiger partial charge in [-0.1, -0.05) is 26.8 Å². The number of hydrogen-bond acceptors (Lipinski definition) is 2. The number of furan rings is 1. The summed E-state index contributed by atoms with van der Waals surface area (Å²) in [6.45, 7) is 6.38. The molecule has 82 valence electrons. The summed E-state index contributed by atoms with van der Waals surface area (Å²) < 4.78 is 5.51. The standard InChI is InChI=1S/C14H15NO/c1-4-11-12-7-10(9(2)3)5-6-13(12)16-14(11)8-15/h5-7,9H,4H2,1-3H3. The smallest absolute Gasteiger partial charge is 0.207 e. The Morgan fingerprint density at radius 2 is 2.12 bits per heavy atom. The molecule has 0 aliphatic rings. The molecule has 0 saturated carbocycles. The largest absolute Gasteiger partial charge is 0.445 e. The number of nitrogens with zero attached hydrogens (tertiary/aromatic N) is 1. The first kappa shape index (κ1) is 10.8. The van der Waals surface area contributed by atoms with Gasteiger partial charge in [0.05, 0.1) is 0 Å². The Bertz CT molecular complexity index is 558. The van der Waals surface area contributed by atoms with Crippen molar-refractivity contribution in [3.8, 4) is 6.07 Å². The van der Waals surface area contributed by atoms with Gasteiger partial charge >= 0.3 is 0 Å². The minimum atomic E-state index is 0.457. The molecule has 0 amide bonds. The summed E-state index contributed by atoms with van der Waals surface area (Å²) in [4.78, 5) is 0. The van der Waals surface area contributed by atoms with E-state index in [-0.39, 0.29) is 0 Å². The number of nitriles is 1. The molecule has 16 heavy (non-hydrogen) atoms. The van der Waals surface area contributed by atoms with Gasteiger partial charge in [-0.15, -0.1) is 0 Å². The molecule has 0 atom stereocenters. The first-order valence-corrected chi connectivity index (χ1v) is 5.62. The molecule has 2 nitrogen and oxygen atoms in total. The predicted octanol–water partition coefficient (Wildman–Crippen LogP) is 3.99. The van der Waals surface area contributed by atoms with Crippen molar-refractivity contribution >= 4 is 11.0 Å². The van der Waals surface area contributed by atoms with Crippen LogP contribution in [0.3, 0.4) is 0 Å². The van der Waals surface area contributed by atoms with E-state index >= 15 is 0 Å². The second kappa shape index (κ2) is 4.02. The molecule has 0 spiro atoms. The van der Waals surface area contributed by atoms with Crippen molar-refractivity contribution in [1.82, 2.24) is 0 Å². The van der Waals surface area contributed by atoms with Gasteiger partial charge in [0.25, 0.3) is 0 Å². The summed E-state index contributed by atoms with van der Waals surface area (Å²) in [6, 6.07) is 8.29. The van der Waals surface area contributed by atoms with Gasteiger partial charge in [0.15, 0.2) is 0 Å². The molecular formula is C14H15NO. The molecule has 0 bridgehead atoms. The SMILES string of the molecule is CCc1c(C#N)oc2ccc(C(C)C)cc12. The maximum Gasteiger partial charge on any atom is 0.207 e. The Hall–Kier alpha value is -1.75. The molecular weight excluding hydrogens is 198 g/mol. The molecule has 0 aliphatic carbocycles. The van der Waals surface area contributed by atoms with Crippen molar-refractivity contribution in [1.29, 1.82) is 5.26 Å². The summed E-state index contributed by atoms with van der Waals surface area (Å²) in [5.41, 5.74) is 3.13. The zero-order valence-corrected chi connectivity index (χ0v) is 9.87. The van der Waals surface area contributed by atoms with Crippen molar-refractivity contribution in [3.63, 3.8) is 0 Å². The fourth-order valence-electron chi connectivity index (χ4n) is 1.97. The van der Waals surface area contributed by atoms with Crippen LogP contribution in [0.25, 0.3) is 11.0 Å². The van der Waals surface area contributed by atoms with Gasteiger partial charge in [0.1, 0.15) is 11.7 Å². The highest BCUT2D eigenvalue weighted by atomic mass is 16.3. The fraction of sp³-hybridized carbons (Fsp3) is 0.357. The maximum atomic E-state index is 8.99. The van der Waals surface area contributed by atoms with Crippen LogP contribution >= 0.6 is 0 Å². The second-order valence-electron chi connectivity index (χ2n) is 4.29. The quantitative estimate of drug-likeness (QED) is 0.756. The van der Waals surface area contributed by atoms with Gasteiger partial charge in [-0.2, -0.15) is 5.26 Å². The summed E-state index contributed by atoms with van der Waals surface area (Å²) in [7, 11) is 0. The lowest BCUT2D eigenvalue weighted by molar-refractivity contribution is 0.594. The number of hydrogen-bond donors (Lipinski definition) is 0. The van der Waals surface area contributed by atoms with Crippen LogP contribution in [-0.2, 0) is 6.42 Å². The number of rotatable bonds is 2. The third-order valence-electron chi connectivity index (χ3n) is 2.94. The van der Waals surface area contributed by atoms with Crippen LogP contribution < -0.4 is 0 Å². The van der Waals surface area contributed by atoms with Gasteiger partial charge in [0, 0.05) is 10.9 Å². The van der Waals surface area contributed by atoms with Crippen molar-refractivity contribution in [2.24, 2.45) is 0 Å². The lowest BCUT2D eigenvalue weighted by Gasteiger charge is -2.04. The first-order chi connectivity index (χ1) is 7.67. The van der Waals surface area contributed by atoms with Crippen LogP contribution in [0, 0.1) is 11.3 Å². The summed E-state index contributed by atoms with van der Waals surface area (Å²) in [5.74, 6) is 0.952. The van der Waals surface area contributed by atoms with Crippen molar-refractivity contribution in [2.75, 3.05) is 0 Å². The molecule has 0 saturated heterocycles. The van der Waals surface area contributed by atoms with E-state index in [9.17, 15) is 0 Å². The molecule has 0 N–H and O–H groups in total. The normalized spacial score (nSPS) is 10.9. The third-order valence-corrected chi connectivity index (χ3v) is 2.94. The number of fused-ring (bicyclic) bond motifs is 1. The van der Waals surface area contributed by atoms with Gasteiger partial charge in [-0.3, -0.25) is 0 Å². The Morgan fingerprint density at radius 1 is 1.38 bits per heavy atom. The Labute approximate surface area is 95.5 Å². The minimum Gasteiger partial charge on any atom is -0.445 e. The summed E-state index contributed by atoms with van der Waals surface area (Å²) in [6.07, 6.45) is 0.831. The monoisotopic (exact) mass is 213 g/mol. The Morgan fingerprint density at radius 3 is 2.69 bits per heavy atom. The average Bonchev–Trinajstić information content (AvgIpc) is 2.65. The number of benzene rings is 1. The molecule has 1 heterocycles. The van der Waals surface area contributed by atoms with Crippen molar-refractivity contribution in [2.45, 2.75) is 33.1 Å². The highest BCUT2D eigenvalue weighted by molar-refractivity contribution is 5.84. The maximum absolute atomic E-state index is 8.99. The zero-order chi connectivity index (χ0) is 11.7. The van der Waals surface area contributed by atoms with Crippen LogP contribution in [0.1, 0.15) is 43.6 Å². The molecule has 2 heteroatoms. The zero-order valence-electron chi connectivity index (χ0n) is 9.87. The molecule has 0 fully saturated rings. The highest BCUT2D eigenvalue weighted by Crippen LogP contribution is 2.29. The Balaban J connectivity index is 2.72. The van der Waals surface area contributed by atoms with E-state index in [0.717, 1.165) is 23.0 Å². The van der Waals surface area contributed by atoms with E-state index in [1.54, 1.807) is 0 Å². The van der Waals surface area contributed by atoms with Gasteiger partial charge < -0.3 is 4.42 Å². The topological polar surface area (TPSA) is 36.9 Å². The van der Waals surface area contributed by atoms with Gasteiger partial charge in [-0.25, -0.2) is 0 Å². The minimum absolute atomic E-state index is 0.457. The molecule has 2 rings (SSSR count). The lowest BCUT2D eigenvalue weighted by Crippen LogP contribution is -1.87. The van der Waals surface area contributed by atoms with E-state index in [1.165, 1.54) is 5.56 Å². The Kier molecular flexibility index (Phi) is 2.70.